The highest BCUT2D eigenvalue weighted by Crippen LogP contribution is 2.46. The van der Waals surface area contributed by atoms with Gasteiger partial charge in [-0.3, -0.25) is 4.79 Å². The van der Waals surface area contributed by atoms with E-state index in [2.05, 4.69) is 67.6 Å². The van der Waals surface area contributed by atoms with Crippen molar-refractivity contribution in [3.63, 3.8) is 0 Å². The Morgan fingerprint density at radius 1 is 0.757 bits per heavy atom. The van der Waals surface area contributed by atoms with Crippen LogP contribution < -0.4 is 9.47 Å². The summed E-state index contributed by atoms with van der Waals surface area (Å²) in [5, 5.41) is 4.51. The van der Waals surface area contributed by atoms with Crippen molar-refractivity contribution in [1.29, 1.82) is 0 Å². The van der Waals surface area contributed by atoms with Gasteiger partial charge in [-0.25, -0.2) is 0 Å². The third-order valence-corrected chi connectivity index (χ3v) is 8.04. The van der Waals surface area contributed by atoms with Crippen LogP contribution in [0.4, 0.5) is 0 Å². The number of rotatable bonds is 4. The predicted octanol–water partition coefficient (Wildman–Crippen LogP) is 7.95. The van der Waals surface area contributed by atoms with E-state index in [1.54, 1.807) is 0 Å². The molecule has 4 aromatic rings. The van der Waals surface area contributed by atoms with Crippen LogP contribution in [-0.2, 0) is 9.53 Å². The fourth-order valence-corrected chi connectivity index (χ4v) is 6.10. The van der Waals surface area contributed by atoms with Crippen LogP contribution >= 0.6 is 0 Å². The van der Waals surface area contributed by atoms with E-state index in [1.807, 2.05) is 12.1 Å². The van der Waals surface area contributed by atoms with Crippen molar-refractivity contribution in [3.8, 4) is 22.6 Å². The molecule has 0 bridgehead atoms. The van der Waals surface area contributed by atoms with Crippen LogP contribution in [0, 0.1) is 11.8 Å². The first-order valence-corrected chi connectivity index (χ1v) is 13.7. The van der Waals surface area contributed by atoms with Crippen LogP contribution in [0.15, 0.2) is 72.8 Å². The summed E-state index contributed by atoms with van der Waals surface area (Å²) >= 11 is 0. The number of fused-ring (bicyclic) bond motifs is 7. The molecule has 0 N–H and O–H groups in total. The lowest BCUT2D eigenvalue weighted by molar-refractivity contribution is -0.158. The van der Waals surface area contributed by atoms with Gasteiger partial charge in [0, 0.05) is 11.1 Å². The third kappa shape index (κ3) is 4.77. The van der Waals surface area contributed by atoms with Crippen LogP contribution in [0.1, 0.15) is 45.4 Å². The Morgan fingerprint density at radius 2 is 1.30 bits per heavy atom. The molecule has 0 spiro atoms. The van der Waals surface area contributed by atoms with E-state index in [0.717, 1.165) is 75.8 Å². The summed E-state index contributed by atoms with van der Waals surface area (Å²) in [5.41, 5.74) is 2.04. The Kier molecular flexibility index (Phi) is 6.73. The normalized spacial score (nSPS) is 20.0. The molecule has 4 nitrogen and oxygen atoms in total. The second-order valence-electron chi connectivity index (χ2n) is 10.5. The molecule has 0 aromatic heterocycles. The highest BCUT2D eigenvalue weighted by Gasteiger charge is 2.30. The molecule has 4 aromatic carbocycles. The maximum Gasteiger partial charge on any atom is 0.309 e. The molecule has 0 unspecified atom stereocenters. The van der Waals surface area contributed by atoms with Crippen LogP contribution in [0.25, 0.3) is 32.7 Å². The maximum absolute atomic E-state index is 13.1. The minimum Gasteiger partial charge on any atom is -0.489 e. The Morgan fingerprint density at radius 3 is 1.84 bits per heavy atom. The van der Waals surface area contributed by atoms with E-state index in [0.29, 0.717) is 0 Å². The highest BCUT2D eigenvalue weighted by atomic mass is 16.6. The summed E-state index contributed by atoms with van der Waals surface area (Å²) in [6.45, 7) is 2.75. The first-order valence-electron chi connectivity index (χ1n) is 13.7. The average molecular weight is 495 g/mol. The van der Waals surface area contributed by atoms with Crippen molar-refractivity contribution in [2.75, 3.05) is 13.2 Å². The van der Waals surface area contributed by atoms with Crippen molar-refractivity contribution in [1.82, 2.24) is 0 Å². The predicted molar refractivity (Wildman–Crippen MR) is 148 cm³/mol. The lowest BCUT2D eigenvalue weighted by atomic mass is 9.80. The molecule has 37 heavy (non-hydrogen) atoms. The van der Waals surface area contributed by atoms with Gasteiger partial charge in [-0.05, 0) is 65.3 Å². The minimum atomic E-state index is -0.474. The van der Waals surface area contributed by atoms with Crippen molar-refractivity contribution in [3.05, 3.63) is 72.8 Å². The Hall–Kier alpha value is -3.53. The van der Waals surface area contributed by atoms with Gasteiger partial charge in [0.1, 0.15) is 24.7 Å². The summed E-state index contributed by atoms with van der Waals surface area (Å²) < 4.78 is 18.9. The van der Waals surface area contributed by atoms with Crippen molar-refractivity contribution in [2.45, 2.75) is 51.6 Å². The van der Waals surface area contributed by atoms with E-state index < -0.39 is 6.10 Å². The van der Waals surface area contributed by atoms with Crippen molar-refractivity contribution in [2.24, 2.45) is 11.8 Å². The van der Waals surface area contributed by atoms with Gasteiger partial charge < -0.3 is 14.2 Å². The molecular weight excluding hydrogens is 460 g/mol. The van der Waals surface area contributed by atoms with E-state index >= 15 is 0 Å². The van der Waals surface area contributed by atoms with E-state index in [9.17, 15) is 4.79 Å². The molecule has 4 heteroatoms. The fraction of sp³-hybridized carbons (Fsp3) is 0.364. The van der Waals surface area contributed by atoms with Gasteiger partial charge in [-0.2, -0.15) is 0 Å². The molecule has 190 valence electrons. The fourth-order valence-electron chi connectivity index (χ4n) is 6.10. The maximum atomic E-state index is 13.1. The lowest BCUT2D eigenvalue weighted by Gasteiger charge is -2.28. The number of benzene rings is 4. The first-order chi connectivity index (χ1) is 18.2. The van der Waals surface area contributed by atoms with Crippen LogP contribution in [0.3, 0.4) is 0 Å². The molecule has 6 rings (SSSR count). The van der Waals surface area contributed by atoms with Gasteiger partial charge in [0.25, 0.3) is 0 Å². The van der Waals surface area contributed by atoms with E-state index in [1.165, 1.54) is 12.8 Å². The quantitative estimate of drug-likeness (QED) is 0.270. The minimum absolute atomic E-state index is 0.0202. The van der Waals surface area contributed by atoms with Gasteiger partial charge in [0.05, 0.1) is 5.92 Å². The molecule has 0 atom stereocenters. The molecule has 1 aliphatic carbocycles. The van der Waals surface area contributed by atoms with E-state index in [-0.39, 0.29) is 25.1 Å². The Balaban J connectivity index is 1.33. The number of esters is 1. The number of ether oxygens (including phenoxy) is 3. The first kappa shape index (κ1) is 23.8. The van der Waals surface area contributed by atoms with Gasteiger partial charge in [0.2, 0.25) is 0 Å². The van der Waals surface area contributed by atoms with E-state index in [4.69, 9.17) is 14.2 Å². The standard InChI is InChI=1S/C33H34O4/c1-2-7-22-12-14-25(15-13-22)33(34)37-26-20-35-29-18-16-23-8-3-5-10-27(23)31(29)32-28-11-6-4-9-24(28)17-19-30(32)36-21-26/h3-6,8-11,16-19,22,25-26H,2,7,12-15,20-21H2,1H3. The largest absolute Gasteiger partial charge is 0.489 e. The smallest absolute Gasteiger partial charge is 0.309 e. The number of carbonyl (C=O) groups is 1. The molecule has 1 saturated carbocycles. The lowest BCUT2D eigenvalue weighted by Crippen LogP contribution is -2.34. The highest BCUT2D eigenvalue weighted by molar-refractivity contribution is 6.09. The summed E-state index contributed by atoms with van der Waals surface area (Å²) in [5.74, 6) is 2.19. The molecule has 0 saturated heterocycles. The van der Waals surface area contributed by atoms with Crippen molar-refractivity contribution < 1.29 is 19.0 Å². The second kappa shape index (κ2) is 10.5. The molecule has 0 amide bonds. The van der Waals surface area contributed by atoms with Gasteiger partial charge >= 0.3 is 5.97 Å². The molecule has 1 fully saturated rings. The summed E-state index contributed by atoms with van der Waals surface area (Å²) in [6, 6.07) is 25.0. The van der Waals surface area contributed by atoms with Crippen LogP contribution in [0.5, 0.6) is 11.5 Å². The zero-order chi connectivity index (χ0) is 25.2. The third-order valence-electron chi connectivity index (χ3n) is 8.04. The zero-order valence-electron chi connectivity index (χ0n) is 21.5. The number of carbonyl (C=O) groups excluding carboxylic acids is 1. The monoisotopic (exact) mass is 494 g/mol. The number of hydrogen-bond donors (Lipinski definition) is 0. The molecule has 1 aliphatic heterocycles. The van der Waals surface area contributed by atoms with Crippen LogP contribution in [-0.4, -0.2) is 25.3 Å². The van der Waals surface area contributed by atoms with Crippen molar-refractivity contribution >= 4 is 27.5 Å². The molecule has 0 radical (unpaired) electrons. The zero-order valence-corrected chi connectivity index (χ0v) is 21.5. The number of hydrogen-bond acceptors (Lipinski definition) is 4. The average Bonchev–Trinajstić information content (AvgIpc) is 3.01. The molecular formula is C33H34O4. The van der Waals surface area contributed by atoms with Crippen LogP contribution in [0.2, 0.25) is 0 Å². The second-order valence-corrected chi connectivity index (χ2v) is 10.5. The SMILES string of the molecule is CCCC1CCC(C(=O)OC2COc3ccc4ccccc4c3-c3c(ccc4ccccc34)OC2)CC1. The van der Waals surface area contributed by atoms with Gasteiger partial charge in [-0.1, -0.05) is 80.4 Å². The summed E-state index contributed by atoms with van der Waals surface area (Å²) in [6.07, 6.45) is 6.07. The van der Waals surface area contributed by atoms with Gasteiger partial charge in [-0.15, -0.1) is 0 Å². The molecule has 1 heterocycles. The molecule has 2 aliphatic rings. The summed E-state index contributed by atoms with van der Waals surface area (Å²) in [4.78, 5) is 13.1. The Bertz CT molecular complexity index is 1330. The summed E-state index contributed by atoms with van der Waals surface area (Å²) in [7, 11) is 0. The Labute approximate surface area is 218 Å². The van der Waals surface area contributed by atoms with Gasteiger partial charge in [0.15, 0.2) is 6.10 Å². The topological polar surface area (TPSA) is 44.8 Å².